The van der Waals surface area contributed by atoms with Crippen LogP contribution in [0.1, 0.15) is 35.4 Å². The second-order valence-corrected chi connectivity index (χ2v) is 6.02. The van der Waals surface area contributed by atoms with Gasteiger partial charge in [-0.1, -0.05) is 6.07 Å². The summed E-state index contributed by atoms with van der Waals surface area (Å²) in [7, 11) is 0. The molecule has 2 saturated carbocycles. The molecule has 1 heterocycles. The van der Waals surface area contributed by atoms with Crippen molar-refractivity contribution in [3.8, 4) is 0 Å². The Morgan fingerprint density at radius 1 is 1.25 bits per heavy atom. The van der Waals surface area contributed by atoms with Gasteiger partial charge in [-0.05, 0) is 49.0 Å². The van der Waals surface area contributed by atoms with Crippen molar-refractivity contribution in [1.82, 2.24) is 4.90 Å². The van der Waals surface area contributed by atoms with Gasteiger partial charge in [-0.2, -0.15) is 0 Å². The molecule has 1 aromatic heterocycles. The van der Waals surface area contributed by atoms with E-state index in [0.717, 1.165) is 29.8 Å². The van der Waals surface area contributed by atoms with Crippen LogP contribution in [0.15, 0.2) is 17.5 Å². The summed E-state index contributed by atoms with van der Waals surface area (Å²) in [6.07, 6.45) is 5.27. The van der Waals surface area contributed by atoms with E-state index in [4.69, 9.17) is 0 Å². The number of nitrogens with zero attached hydrogens (tertiary/aromatic N) is 1. The number of thiophene rings is 1. The second kappa shape index (κ2) is 4.21. The number of hydrogen-bond acceptors (Lipinski definition) is 2. The maximum atomic E-state index is 12.3. The van der Waals surface area contributed by atoms with Gasteiger partial charge in [0.05, 0.1) is 4.88 Å². The van der Waals surface area contributed by atoms with Crippen molar-refractivity contribution in [2.24, 2.45) is 11.8 Å². The van der Waals surface area contributed by atoms with Crippen molar-refractivity contribution in [3.05, 3.63) is 22.4 Å². The Balaban J connectivity index is 1.67. The molecule has 16 heavy (non-hydrogen) atoms. The molecule has 0 atom stereocenters. The Labute approximate surface area is 100 Å². The highest BCUT2D eigenvalue weighted by Crippen LogP contribution is 2.34. The summed E-state index contributed by atoms with van der Waals surface area (Å²) in [5, 5.41) is 1.99. The van der Waals surface area contributed by atoms with Gasteiger partial charge < -0.3 is 4.90 Å². The number of carbonyl (C=O) groups excluding carboxylic acids is 1. The first-order valence-electron chi connectivity index (χ1n) is 6.15. The van der Waals surface area contributed by atoms with Crippen LogP contribution in [-0.2, 0) is 0 Å². The zero-order valence-electron chi connectivity index (χ0n) is 9.39. The fourth-order valence-electron chi connectivity index (χ4n) is 2.02. The first-order valence-corrected chi connectivity index (χ1v) is 7.03. The minimum absolute atomic E-state index is 0.258. The summed E-state index contributed by atoms with van der Waals surface area (Å²) in [5.41, 5.74) is 0. The average Bonchev–Trinajstić information content (AvgIpc) is 3.20. The molecule has 0 bridgehead atoms. The molecule has 0 radical (unpaired) electrons. The summed E-state index contributed by atoms with van der Waals surface area (Å²) in [4.78, 5) is 15.3. The Bertz CT molecular complexity index is 351. The van der Waals surface area contributed by atoms with E-state index in [1.807, 2.05) is 17.5 Å². The minimum atomic E-state index is 0.258. The maximum absolute atomic E-state index is 12.3. The Morgan fingerprint density at radius 2 is 1.88 bits per heavy atom. The molecule has 0 aliphatic heterocycles. The predicted molar refractivity (Wildman–Crippen MR) is 65.7 cm³/mol. The number of rotatable bonds is 5. The normalized spacial score (nSPS) is 19.8. The van der Waals surface area contributed by atoms with E-state index in [1.165, 1.54) is 25.7 Å². The largest absolute Gasteiger partial charge is 0.337 e. The van der Waals surface area contributed by atoms with Crippen LogP contribution in [0.3, 0.4) is 0 Å². The zero-order chi connectivity index (χ0) is 11.0. The molecule has 1 aromatic rings. The first kappa shape index (κ1) is 10.3. The van der Waals surface area contributed by atoms with E-state index in [0.29, 0.717) is 0 Å². The smallest absolute Gasteiger partial charge is 0.263 e. The fraction of sp³-hybridized carbons (Fsp3) is 0.615. The van der Waals surface area contributed by atoms with Crippen LogP contribution in [0.4, 0.5) is 0 Å². The molecule has 1 amide bonds. The number of amides is 1. The molecule has 2 aliphatic rings. The molecule has 0 saturated heterocycles. The van der Waals surface area contributed by atoms with Crippen molar-refractivity contribution in [2.45, 2.75) is 25.7 Å². The molecular formula is C13H17NOS. The van der Waals surface area contributed by atoms with E-state index >= 15 is 0 Å². The van der Waals surface area contributed by atoms with Gasteiger partial charge in [0.25, 0.3) is 5.91 Å². The molecule has 2 aliphatic carbocycles. The molecule has 0 unspecified atom stereocenters. The van der Waals surface area contributed by atoms with Crippen molar-refractivity contribution in [1.29, 1.82) is 0 Å². The Hall–Kier alpha value is -0.830. The summed E-state index contributed by atoms with van der Waals surface area (Å²) >= 11 is 1.56. The van der Waals surface area contributed by atoms with Crippen molar-refractivity contribution >= 4 is 17.2 Å². The molecule has 0 spiro atoms. The molecular weight excluding hydrogens is 218 g/mol. The quantitative estimate of drug-likeness (QED) is 0.768. The van der Waals surface area contributed by atoms with Gasteiger partial charge in [0, 0.05) is 13.1 Å². The van der Waals surface area contributed by atoms with E-state index in [2.05, 4.69) is 4.90 Å². The Kier molecular flexibility index (Phi) is 2.72. The lowest BCUT2D eigenvalue weighted by Crippen LogP contribution is -2.34. The average molecular weight is 235 g/mol. The SMILES string of the molecule is O=C(c1cccs1)N(CC1CC1)CC1CC1. The standard InChI is InChI=1S/C13H17NOS/c15-13(12-2-1-7-16-12)14(8-10-3-4-10)9-11-5-6-11/h1-2,7,10-11H,3-6,8-9H2. The third kappa shape index (κ3) is 2.46. The molecule has 3 heteroatoms. The van der Waals surface area contributed by atoms with Gasteiger partial charge in [-0.3, -0.25) is 4.79 Å². The lowest BCUT2D eigenvalue weighted by atomic mass is 10.3. The lowest BCUT2D eigenvalue weighted by molar-refractivity contribution is 0.0744. The molecule has 0 N–H and O–H groups in total. The van der Waals surface area contributed by atoms with Crippen molar-refractivity contribution in [3.63, 3.8) is 0 Å². The summed E-state index contributed by atoms with van der Waals surface area (Å²) in [5.74, 6) is 1.85. The summed E-state index contributed by atoms with van der Waals surface area (Å²) in [6, 6.07) is 3.91. The van der Waals surface area contributed by atoms with E-state index < -0.39 is 0 Å². The topological polar surface area (TPSA) is 20.3 Å². The minimum Gasteiger partial charge on any atom is -0.337 e. The molecule has 86 valence electrons. The van der Waals surface area contributed by atoms with Crippen molar-refractivity contribution < 1.29 is 4.79 Å². The third-order valence-corrected chi connectivity index (χ3v) is 4.23. The highest BCUT2D eigenvalue weighted by atomic mass is 32.1. The third-order valence-electron chi connectivity index (χ3n) is 3.37. The van der Waals surface area contributed by atoms with Crippen LogP contribution in [0, 0.1) is 11.8 Å². The number of hydrogen-bond donors (Lipinski definition) is 0. The van der Waals surface area contributed by atoms with E-state index in [9.17, 15) is 4.79 Å². The van der Waals surface area contributed by atoms with Gasteiger partial charge in [0.15, 0.2) is 0 Å². The van der Waals surface area contributed by atoms with Crippen LogP contribution in [-0.4, -0.2) is 23.9 Å². The van der Waals surface area contributed by atoms with E-state index in [-0.39, 0.29) is 5.91 Å². The Morgan fingerprint density at radius 3 is 2.31 bits per heavy atom. The monoisotopic (exact) mass is 235 g/mol. The molecule has 3 rings (SSSR count). The second-order valence-electron chi connectivity index (χ2n) is 5.07. The van der Waals surface area contributed by atoms with Crippen LogP contribution in [0.25, 0.3) is 0 Å². The lowest BCUT2D eigenvalue weighted by Gasteiger charge is -2.21. The maximum Gasteiger partial charge on any atom is 0.263 e. The van der Waals surface area contributed by atoms with Crippen molar-refractivity contribution in [2.75, 3.05) is 13.1 Å². The molecule has 0 aromatic carbocycles. The fourth-order valence-corrected chi connectivity index (χ4v) is 2.71. The molecule has 2 nitrogen and oxygen atoms in total. The van der Waals surface area contributed by atoms with Crippen LogP contribution in [0.5, 0.6) is 0 Å². The van der Waals surface area contributed by atoms with Crippen LogP contribution < -0.4 is 0 Å². The number of carbonyl (C=O) groups is 1. The molecule has 2 fully saturated rings. The summed E-state index contributed by atoms with van der Waals surface area (Å²) in [6.45, 7) is 1.99. The van der Waals surface area contributed by atoms with Gasteiger partial charge in [0.1, 0.15) is 0 Å². The highest BCUT2D eigenvalue weighted by Gasteiger charge is 2.31. The van der Waals surface area contributed by atoms with Crippen LogP contribution in [0.2, 0.25) is 0 Å². The van der Waals surface area contributed by atoms with Gasteiger partial charge in [-0.15, -0.1) is 11.3 Å². The first-order chi connectivity index (χ1) is 7.83. The zero-order valence-corrected chi connectivity index (χ0v) is 10.2. The van der Waals surface area contributed by atoms with Gasteiger partial charge in [-0.25, -0.2) is 0 Å². The highest BCUT2D eigenvalue weighted by molar-refractivity contribution is 7.12. The van der Waals surface area contributed by atoms with Gasteiger partial charge >= 0.3 is 0 Å². The predicted octanol–water partition coefficient (Wildman–Crippen LogP) is 3.01. The van der Waals surface area contributed by atoms with Crippen LogP contribution >= 0.6 is 11.3 Å². The summed E-state index contributed by atoms with van der Waals surface area (Å²) < 4.78 is 0. The van der Waals surface area contributed by atoms with E-state index in [1.54, 1.807) is 11.3 Å². The van der Waals surface area contributed by atoms with Gasteiger partial charge in [0.2, 0.25) is 0 Å².